The van der Waals surface area contributed by atoms with Gasteiger partial charge in [-0.15, -0.1) is 0 Å². The molecule has 0 radical (unpaired) electrons. The SMILES string of the molecule is Cc1ccc(C(NN)C(C)(C)N2CCOCC2)c(C)c1. The molecule has 0 bridgehead atoms. The van der Waals surface area contributed by atoms with E-state index in [2.05, 4.69) is 56.2 Å². The van der Waals surface area contributed by atoms with E-state index < -0.39 is 0 Å². The molecule has 0 aliphatic carbocycles. The van der Waals surface area contributed by atoms with Gasteiger partial charge < -0.3 is 4.74 Å². The lowest BCUT2D eigenvalue weighted by atomic mass is 9.84. The predicted molar refractivity (Wildman–Crippen MR) is 82.5 cm³/mol. The summed E-state index contributed by atoms with van der Waals surface area (Å²) < 4.78 is 5.46. The van der Waals surface area contributed by atoms with Gasteiger partial charge in [0.15, 0.2) is 0 Å². The summed E-state index contributed by atoms with van der Waals surface area (Å²) in [7, 11) is 0. The predicted octanol–water partition coefficient (Wildman–Crippen LogP) is 1.92. The van der Waals surface area contributed by atoms with Crippen molar-refractivity contribution in [2.45, 2.75) is 39.3 Å². The highest BCUT2D eigenvalue weighted by Gasteiger charge is 2.37. The first-order chi connectivity index (χ1) is 9.46. The van der Waals surface area contributed by atoms with Crippen molar-refractivity contribution < 1.29 is 4.74 Å². The van der Waals surface area contributed by atoms with Gasteiger partial charge in [0, 0.05) is 18.6 Å². The molecule has 1 aliphatic rings. The molecular formula is C16H27N3O. The number of morpholine rings is 1. The third-order valence-electron chi connectivity index (χ3n) is 4.44. The van der Waals surface area contributed by atoms with E-state index in [0.29, 0.717) is 0 Å². The minimum absolute atomic E-state index is 0.0570. The number of aryl methyl sites for hydroxylation is 2. The molecule has 1 aliphatic heterocycles. The zero-order chi connectivity index (χ0) is 14.8. The number of benzene rings is 1. The Morgan fingerprint density at radius 1 is 1.25 bits per heavy atom. The van der Waals surface area contributed by atoms with Crippen molar-refractivity contribution in [3.8, 4) is 0 Å². The Balaban J connectivity index is 2.29. The molecule has 4 nitrogen and oxygen atoms in total. The van der Waals surface area contributed by atoms with Crippen LogP contribution < -0.4 is 11.3 Å². The monoisotopic (exact) mass is 277 g/mol. The average Bonchev–Trinajstić information content (AvgIpc) is 2.43. The number of hydrogen-bond acceptors (Lipinski definition) is 4. The molecule has 0 aromatic heterocycles. The maximum atomic E-state index is 5.90. The van der Waals surface area contributed by atoms with Crippen LogP contribution in [0.1, 0.15) is 36.6 Å². The van der Waals surface area contributed by atoms with Gasteiger partial charge in [0.05, 0.1) is 19.3 Å². The second-order valence-electron chi connectivity index (χ2n) is 6.21. The van der Waals surface area contributed by atoms with Crippen LogP contribution in [-0.4, -0.2) is 36.7 Å². The van der Waals surface area contributed by atoms with Crippen LogP contribution in [0.25, 0.3) is 0 Å². The van der Waals surface area contributed by atoms with Gasteiger partial charge in [-0.05, 0) is 38.8 Å². The van der Waals surface area contributed by atoms with Crippen molar-refractivity contribution in [3.63, 3.8) is 0 Å². The van der Waals surface area contributed by atoms with Crippen LogP contribution >= 0.6 is 0 Å². The Morgan fingerprint density at radius 2 is 1.90 bits per heavy atom. The molecule has 20 heavy (non-hydrogen) atoms. The fourth-order valence-electron chi connectivity index (χ4n) is 3.15. The quantitative estimate of drug-likeness (QED) is 0.652. The van der Waals surface area contributed by atoms with E-state index in [-0.39, 0.29) is 11.6 Å². The van der Waals surface area contributed by atoms with E-state index >= 15 is 0 Å². The molecular weight excluding hydrogens is 250 g/mol. The average molecular weight is 277 g/mol. The van der Waals surface area contributed by atoms with E-state index in [1.54, 1.807) is 0 Å². The summed E-state index contributed by atoms with van der Waals surface area (Å²) in [6.07, 6.45) is 0. The highest BCUT2D eigenvalue weighted by molar-refractivity contribution is 5.34. The summed E-state index contributed by atoms with van der Waals surface area (Å²) in [5.74, 6) is 5.90. The molecule has 1 fully saturated rings. The van der Waals surface area contributed by atoms with Crippen LogP contribution in [0, 0.1) is 13.8 Å². The lowest BCUT2D eigenvalue weighted by Crippen LogP contribution is -2.57. The van der Waals surface area contributed by atoms with Crippen molar-refractivity contribution in [1.82, 2.24) is 10.3 Å². The van der Waals surface area contributed by atoms with Crippen LogP contribution in [0.2, 0.25) is 0 Å². The summed E-state index contributed by atoms with van der Waals surface area (Å²) in [4.78, 5) is 2.46. The van der Waals surface area contributed by atoms with E-state index in [1.807, 2.05) is 0 Å². The number of hydrazine groups is 1. The smallest absolute Gasteiger partial charge is 0.0641 e. The summed E-state index contributed by atoms with van der Waals surface area (Å²) in [5, 5.41) is 0. The second-order valence-corrected chi connectivity index (χ2v) is 6.21. The van der Waals surface area contributed by atoms with Crippen LogP contribution in [0.5, 0.6) is 0 Å². The molecule has 1 heterocycles. The van der Waals surface area contributed by atoms with E-state index in [1.165, 1.54) is 16.7 Å². The molecule has 1 aromatic rings. The Hall–Kier alpha value is -0.940. The molecule has 0 amide bonds. The minimum Gasteiger partial charge on any atom is -0.379 e. The van der Waals surface area contributed by atoms with E-state index in [9.17, 15) is 0 Å². The van der Waals surface area contributed by atoms with Crippen molar-refractivity contribution in [3.05, 3.63) is 34.9 Å². The summed E-state index contributed by atoms with van der Waals surface area (Å²) in [6, 6.07) is 6.66. The van der Waals surface area contributed by atoms with Gasteiger partial charge in [-0.25, -0.2) is 0 Å². The van der Waals surface area contributed by atoms with Gasteiger partial charge in [0.2, 0.25) is 0 Å². The van der Waals surface area contributed by atoms with Gasteiger partial charge in [0.25, 0.3) is 0 Å². The Bertz CT molecular complexity index is 453. The number of ether oxygens (including phenoxy) is 1. The molecule has 112 valence electrons. The molecule has 2 rings (SSSR count). The Labute approximate surface area is 122 Å². The fourth-order valence-corrected chi connectivity index (χ4v) is 3.15. The first kappa shape index (κ1) is 15.4. The lowest BCUT2D eigenvalue weighted by Gasteiger charge is -2.46. The van der Waals surface area contributed by atoms with Crippen LogP contribution in [0.15, 0.2) is 18.2 Å². The second kappa shape index (κ2) is 6.22. The number of nitrogens with one attached hydrogen (secondary N) is 1. The zero-order valence-electron chi connectivity index (χ0n) is 13.1. The molecule has 4 heteroatoms. The highest BCUT2D eigenvalue weighted by atomic mass is 16.5. The summed E-state index contributed by atoms with van der Waals surface area (Å²) >= 11 is 0. The maximum Gasteiger partial charge on any atom is 0.0641 e. The molecule has 1 atom stereocenters. The molecule has 0 spiro atoms. The Morgan fingerprint density at radius 3 is 2.45 bits per heavy atom. The maximum absolute atomic E-state index is 5.90. The molecule has 3 N–H and O–H groups in total. The third kappa shape index (κ3) is 3.04. The molecule has 1 saturated heterocycles. The van der Waals surface area contributed by atoms with Crippen molar-refractivity contribution in [2.24, 2.45) is 5.84 Å². The largest absolute Gasteiger partial charge is 0.379 e. The molecule has 1 aromatic carbocycles. The first-order valence-electron chi connectivity index (χ1n) is 7.33. The van der Waals surface area contributed by atoms with Crippen LogP contribution in [-0.2, 0) is 4.74 Å². The summed E-state index contributed by atoms with van der Waals surface area (Å²) in [6.45, 7) is 12.3. The van der Waals surface area contributed by atoms with Gasteiger partial charge in [-0.3, -0.25) is 16.2 Å². The van der Waals surface area contributed by atoms with E-state index in [0.717, 1.165) is 26.3 Å². The standard InChI is InChI=1S/C16H27N3O/c1-12-5-6-14(13(2)11-12)15(18-17)16(3,4)19-7-9-20-10-8-19/h5-6,11,15,18H,7-10,17H2,1-4H3. The molecule has 1 unspecified atom stereocenters. The highest BCUT2D eigenvalue weighted by Crippen LogP contribution is 2.33. The van der Waals surface area contributed by atoms with Crippen LogP contribution in [0.3, 0.4) is 0 Å². The van der Waals surface area contributed by atoms with E-state index in [4.69, 9.17) is 10.6 Å². The minimum atomic E-state index is -0.0570. The van der Waals surface area contributed by atoms with Gasteiger partial charge in [-0.1, -0.05) is 23.8 Å². The van der Waals surface area contributed by atoms with Crippen LogP contribution in [0.4, 0.5) is 0 Å². The number of nitrogens with two attached hydrogens (primary N) is 1. The third-order valence-corrected chi connectivity index (χ3v) is 4.44. The van der Waals surface area contributed by atoms with Crippen molar-refractivity contribution in [2.75, 3.05) is 26.3 Å². The fraction of sp³-hybridized carbons (Fsp3) is 0.625. The Kier molecular flexibility index (Phi) is 4.81. The first-order valence-corrected chi connectivity index (χ1v) is 7.33. The topological polar surface area (TPSA) is 50.5 Å². The number of nitrogens with zero attached hydrogens (tertiary/aromatic N) is 1. The van der Waals surface area contributed by atoms with Gasteiger partial charge in [-0.2, -0.15) is 0 Å². The lowest BCUT2D eigenvalue weighted by molar-refractivity contribution is -0.0239. The van der Waals surface area contributed by atoms with Crippen molar-refractivity contribution in [1.29, 1.82) is 0 Å². The van der Waals surface area contributed by atoms with Crippen molar-refractivity contribution >= 4 is 0 Å². The van der Waals surface area contributed by atoms with Gasteiger partial charge in [0.1, 0.15) is 0 Å². The zero-order valence-corrected chi connectivity index (χ0v) is 13.1. The number of hydrogen-bond donors (Lipinski definition) is 2. The van der Waals surface area contributed by atoms with Gasteiger partial charge >= 0.3 is 0 Å². The number of rotatable bonds is 4. The molecule has 0 saturated carbocycles. The summed E-state index contributed by atoms with van der Waals surface area (Å²) in [5.41, 5.74) is 6.82. The normalized spacial score (nSPS) is 19.1.